The van der Waals surface area contributed by atoms with E-state index in [4.69, 9.17) is 0 Å². The van der Waals surface area contributed by atoms with Crippen molar-refractivity contribution >= 4 is 11.6 Å². The molecule has 1 heterocycles. The predicted octanol–water partition coefficient (Wildman–Crippen LogP) is 2.93. The average molecular weight is 334 g/mol. The molecule has 0 fully saturated rings. The molecule has 128 valence electrons. The van der Waals surface area contributed by atoms with Crippen LogP contribution >= 0.6 is 0 Å². The maximum absolute atomic E-state index is 12.5. The molecule has 0 radical (unpaired) electrons. The smallest absolute Gasteiger partial charge is 0.251 e. The Labute approximate surface area is 147 Å². The third-order valence-corrected chi connectivity index (χ3v) is 4.07. The monoisotopic (exact) mass is 334 g/mol. The number of nitrogens with zero attached hydrogens (tertiary/aromatic N) is 3. The average Bonchev–Trinajstić information content (AvgIpc) is 3.14. The zero-order chi connectivity index (χ0) is 17.6. The first-order valence-corrected chi connectivity index (χ1v) is 8.23. The van der Waals surface area contributed by atoms with Gasteiger partial charge in [0, 0.05) is 44.3 Å². The van der Waals surface area contributed by atoms with Gasteiger partial charge in [-0.25, -0.2) is 0 Å². The molecule has 0 spiro atoms. The number of hydrogen-bond donors (Lipinski definition) is 1. The molecule has 0 aliphatic carbocycles. The van der Waals surface area contributed by atoms with Crippen molar-refractivity contribution in [3.8, 4) is 0 Å². The van der Waals surface area contributed by atoms with Crippen LogP contribution in [0.5, 0.6) is 0 Å². The molecule has 1 N–H and O–H groups in total. The number of carbonyl (C=O) groups excluding carboxylic acids is 1. The van der Waals surface area contributed by atoms with Crippen molar-refractivity contribution in [1.29, 1.82) is 0 Å². The Balaban J connectivity index is 1.69. The molecule has 0 atom stereocenters. The fourth-order valence-corrected chi connectivity index (χ4v) is 2.66. The standard InChI is InChI=1S/C20H22N4O/c1-23(2)19-10-5-9-16(13-19)20(25)21-14-17-7-3-4-8-18(17)15-24-12-6-11-22-24/h3-13H,14-15H2,1-2H3,(H,21,25). The van der Waals surface area contributed by atoms with E-state index in [1.165, 1.54) is 0 Å². The van der Waals surface area contributed by atoms with Crippen molar-refractivity contribution in [2.24, 2.45) is 0 Å². The lowest BCUT2D eigenvalue weighted by molar-refractivity contribution is 0.0951. The first-order chi connectivity index (χ1) is 12.1. The highest BCUT2D eigenvalue weighted by Gasteiger charge is 2.09. The summed E-state index contributed by atoms with van der Waals surface area (Å²) >= 11 is 0. The molecule has 0 saturated heterocycles. The second-order valence-corrected chi connectivity index (χ2v) is 6.10. The number of benzene rings is 2. The zero-order valence-electron chi connectivity index (χ0n) is 14.5. The summed E-state index contributed by atoms with van der Waals surface area (Å²) in [6.45, 7) is 1.18. The third-order valence-electron chi connectivity index (χ3n) is 4.07. The van der Waals surface area contributed by atoms with Gasteiger partial charge >= 0.3 is 0 Å². The van der Waals surface area contributed by atoms with Gasteiger partial charge in [-0.3, -0.25) is 9.48 Å². The Morgan fingerprint density at radius 1 is 1.08 bits per heavy atom. The molecule has 2 aromatic carbocycles. The molecule has 0 bridgehead atoms. The van der Waals surface area contributed by atoms with Crippen LogP contribution in [0, 0.1) is 0 Å². The van der Waals surface area contributed by atoms with Gasteiger partial charge in [0.05, 0.1) is 6.54 Å². The van der Waals surface area contributed by atoms with E-state index in [0.29, 0.717) is 18.7 Å². The lowest BCUT2D eigenvalue weighted by Crippen LogP contribution is -2.24. The summed E-state index contributed by atoms with van der Waals surface area (Å²) in [5.41, 5.74) is 3.91. The van der Waals surface area contributed by atoms with Gasteiger partial charge in [0.25, 0.3) is 5.91 Å². The molecule has 25 heavy (non-hydrogen) atoms. The van der Waals surface area contributed by atoms with Gasteiger partial charge < -0.3 is 10.2 Å². The molecule has 5 nitrogen and oxygen atoms in total. The Kier molecular flexibility index (Phi) is 5.14. The number of carbonyl (C=O) groups is 1. The van der Waals surface area contributed by atoms with Crippen molar-refractivity contribution in [1.82, 2.24) is 15.1 Å². The number of anilines is 1. The van der Waals surface area contributed by atoms with E-state index in [9.17, 15) is 4.79 Å². The summed E-state index contributed by atoms with van der Waals surface area (Å²) in [5, 5.41) is 7.26. The maximum atomic E-state index is 12.5. The molecule has 0 saturated carbocycles. The number of nitrogens with one attached hydrogen (secondary N) is 1. The Bertz CT molecular complexity index is 840. The van der Waals surface area contributed by atoms with E-state index < -0.39 is 0 Å². The highest BCUT2D eigenvalue weighted by molar-refractivity contribution is 5.95. The normalized spacial score (nSPS) is 10.5. The highest BCUT2D eigenvalue weighted by atomic mass is 16.1. The van der Waals surface area contributed by atoms with Crippen LogP contribution < -0.4 is 10.2 Å². The van der Waals surface area contributed by atoms with Crippen LogP contribution in [0.15, 0.2) is 67.0 Å². The van der Waals surface area contributed by atoms with Gasteiger partial charge in [-0.15, -0.1) is 0 Å². The van der Waals surface area contributed by atoms with Gasteiger partial charge in [-0.1, -0.05) is 30.3 Å². The van der Waals surface area contributed by atoms with Crippen molar-refractivity contribution in [3.05, 3.63) is 83.7 Å². The topological polar surface area (TPSA) is 50.2 Å². The van der Waals surface area contributed by atoms with Crippen molar-refractivity contribution in [3.63, 3.8) is 0 Å². The Morgan fingerprint density at radius 2 is 1.88 bits per heavy atom. The third kappa shape index (κ3) is 4.26. The fraction of sp³-hybridized carbons (Fsp3) is 0.200. The minimum atomic E-state index is -0.0717. The quantitative estimate of drug-likeness (QED) is 0.754. The number of aromatic nitrogens is 2. The first-order valence-electron chi connectivity index (χ1n) is 8.23. The Hall–Kier alpha value is -3.08. The molecular weight excluding hydrogens is 312 g/mol. The van der Waals surface area contributed by atoms with Gasteiger partial charge in [-0.05, 0) is 35.4 Å². The van der Waals surface area contributed by atoms with Crippen LogP contribution in [0.1, 0.15) is 21.5 Å². The number of hydrogen-bond acceptors (Lipinski definition) is 3. The summed E-state index contributed by atoms with van der Waals surface area (Å²) in [6.07, 6.45) is 3.70. The summed E-state index contributed by atoms with van der Waals surface area (Å²) in [7, 11) is 3.92. The summed E-state index contributed by atoms with van der Waals surface area (Å²) in [5.74, 6) is -0.0717. The minimum Gasteiger partial charge on any atom is -0.378 e. The van der Waals surface area contributed by atoms with E-state index in [-0.39, 0.29) is 5.91 Å². The van der Waals surface area contributed by atoms with E-state index >= 15 is 0 Å². The molecule has 1 aromatic heterocycles. The van der Waals surface area contributed by atoms with Gasteiger partial charge in [-0.2, -0.15) is 5.10 Å². The lowest BCUT2D eigenvalue weighted by Gasteiger charge is -2.14. The molecule has 3 aromatic rings. The molecule has 0 unspecified atom stereocenters. The molecule has 0 aliphatic rings. The minimum absolute atomic E-state index is 0.0717. The summed E-state index contributed by atoms with van der Waals surface area (Å²) in [4.78, 5) is 14.5. The van der Waals surface area contributed by atoms with Crippen molar-refractivity contribution < 1.29 is 4.79 Å². The molecule has 1 amide bonds. The zero-order valence-corrected chi connectivity index (χ0v) is 14.5. The van der Waals surface area contributed by atoms with Crippen LogP contribution in [0.4, 0.5) is 5.69 Å². The SMILES string of the molecule is CN(C)c1cccc(C(=O)NCc2ccccc2Cn2cccn2)c1. The largest absolute Gasteiger partial charge is 0.378 e. The number of amides is 1. The van der Waals surface area contributed by atoms with E-state index in [2.05, 4.69) is 16.5 Å². The lowest BCUT2D eigenvalue weighted by atomic mass is 10.1. The molecular formula is C20H22N4O. The van der Waals surface area contributed by atoms with Crippen molar-refractivity contribution in [2.45, 2.75) is 13.1 Å². The van der Waals surface area contributed by atoms with Crippen molar-refractivity contribution in [2.75, 3.05) is 19.0 Å². The fourth-order valence-electron chi connectivity index (χ4n) is 2.66. The second-order valence-electron chi connectivity index (χ2n) is 6.10. The second kappa shape index (κ2) is 7.66. The van der Waals surface area contributed by atoms with Gasteiger partial charge in [0.15, 0.2) is 0 Å². The van der Waals surface area contributed by atoms with E-state index in [1.807, 2.05) is 78.4 Å². The van der Waals surface area contributed by atoms with Gasteiger partial charge in [0.2, 0.25) is 0 Å². The van der Waals surface area contributed by atoms with Crippen LogP contribution in [0.2, 0.25) is 0 Å². The van der Waals surface area contributed by atoms with Crippen LogP contribution in [-0.4, -0.2) is 29.8 Å². The van der Waals surface area contributed by atoms with Crippen LogP contribution in [0.3, 0.4) is 0 Å². The molecule has 3 rings (SSSR count). The van der Waals surface area contributed by atoms with E-state index in [1.54, 1.807) is 6.20 Å². The summed E-state index contributed by atoms with van der Waals surface area (Å²) < 4.78 is 1.88. The molecule has 0 aliphatic heterocycles. The summed E-state index contributed by atoms with van der Waals surface area (Å²) in [6, 6.07) is 17.6. The van der Waals surface area contributed by atoms with Crippen LogP contribution in [-0.2, 0) is 13.1 Å². The maximum Gasteiger partial charge on any atom is 0.251 e. The highest BCUT2D eigenvalue weighted by Crippen LogP contribution is 2.14. The van der Waals surface area contributed by atoms with E-state index in [0.717, 1.165) is 16.8 Å². The predicted molar refractivity (Wildman–Crippen MR) is 99.7 cm³/mol. The first kappa shape index (κ1) is 16.8. The molecule has 5 heteroatoms. The Morgan fingerprint density at radius 3 is 2.60 bits per heavy atom. The number of rotatable bonds is 6. The van der Waals surface area contributed by atoms with Gasteiger partial charge in [0.1, 0.15) is 0 Å². The van der Waals surface area contributed by atoms with Crippen LogP contribution in [0.25, 0.3) is 0 Å².